The van der Waals surface area contributed by atoms with Crippen LogP contribution in [0.25, 0.3) is 12.2 Å². The van der Waals surface area contributed by atoms with Crippen molar-refractivity contribution in [2.75, 3.05) is 0 Å². The molecule has 0 nitrogen and oxygen atoms in total. The summed E-state index contributed by atoms with van der Waals surface area (Å²) in [5.41, 5.74) is 0. The van der Waals surface area contributed by atoms with Gasteiger partial charge < -0.3 is 0 Å². The van der Waals surface area contributed by atoms with E-state index in [1.54, 1.807) is 0 Å². The Labute approximate surface area is 66.9 Å². The third-order valence-corrected chi connectivity index (χ3v) is 2.02. The van der Waals surface area contributed by atoms with E-state index < -0.39 is 0 Å². The van der Waals surface area contributed by atoms with Gasteiger partial charge in [0.1, 0.15) is 11.3 Å². The Morgan fingerprint density at radius 3 is 2.73 bits per heavy atom. The van der Waals surface area contributed by atoms with Crippen molar-refractivity contribution < 1.29 is 0 Å². The maximum atomic E-state index is 2.29. The minimum absolute atomic E-state index is 0.588. The fourth-order valence-electron chi connectivity index (χ4n) is 1.41. The Morgan fingerprint density at radius 1 is 1.18 bits per heavy atom. The number of hydrogen-bond acceptors (Lipinski definition) is 0. The molecule has 1 aromatic carbocycles. The highest BCUT2D eigenvalue weighted by atomic mass is 14.0. The van der Waals surface area contributed by atoms with E-state index in [2.05, 4.69) is 49.8 Å². The molecule has 0 radical (unpaired) electrons. The van der Waals surface area contributed by atoms with Gasteiger partial charge in [0, 0.05) is 12.5 Å². The molecule has 0 fully saturated rings. The molecule has 0 saturated carbocycles. The lowest BCUT2D eigenvalue weighted by Gasteiger charge is -1.98. The van der Waals surface area contributed by atoms with Crippen molar-refractivity contribution in [3.63, 3.8) is 0 Å². The zero-order valence-corrected chi connectivity index (χ0v) is 6.62. The predicted octanol–water partition coefficient (Wildman–Crippen LogP) is 1.10. The van der Waals surface area contributed by atoms with E-state index in [-0.39, 0.29) is 0 Å². The zero-order valence-electron chi connectivity index (χ0n) is 6.62. The van der Waals surface area contributed by atoms with E-state index >= 15 is 0 Å². The Morgan fingerprint density at radius 2 is 1.91 bits per heavy atom. The summed E-state index contributed by atoms with van der Waals surface area (Å²) < 4.78 is 0. The molecule has 1 aliphatic carbocycles. The molecule has 0 heteroatoms. The SMILES string of the molecule is CC1C=c2ccccc2=C[CH+]1. The van der Waals surface area contributed by atoms with E-state index in [0.29, 0.717) is 5.92 Å². The van der Waals surface area contributed by atoms with Gasteiger partial charge in [0.05, 0.1) is 11.1 Å². The van der Waals surface area contributed by atoms with Crippen LogP contribution in [0, 0.1) is 12.3 Å². The van der Waals surface area contributed by atoms with Crippen LogP contribution in [0.4, 0.5) is 0 Å². The van der Waals surface area contributed by atoms with Crippen LogP contribution in [-0.2, 0) is 0 Å². The van der Waals surface area contributed by atoms with Crippen molar-refractivity contribution in [3.05, 3.63) is 41.1 Å². The summed E-state index contributed by atoms with van der Waals surface area (Å²) >= 11 is 0. The first-order valence-corrected chi connectivity index (χ1v) is 3.98. The molecule has 1 aromatic rings. The van der Waals surface area contributed by atoms with Gasteiger partial charge in [-0.1, -0.05) is 6.07 Å². The lowest BCUT2D eigenvalue weighted by molar-refractivity contribution is 0.941. The van der Waals surface area contributed by atoms with Gasteiger partial charge in [0.25, 0.3) is 0 Å². The van der Waals surface area contributed by atoms with Gasteiger partial charge in [-0.25, -0.2) is 0 Å². The molecule has 1 atom stereocenters. The second kappa shape index (κ2) is 2.46. The molecular weight excluding hydrogens is 132 g/mol. The van der Waals surface area contributed by atoms with Crippen molar-refractivity contribution in [2.24, 2.45) is 5.92 Å². The molecule has 0 aromatic heterocycles. The highest BCUT2D eigenvalue weighted by molar-refractivity contribution is 5.47. The minimum atomic E-state index is 0.588. The van der Waals surface area contributed by atoms with Gasteiger partial charge in [0.15, 0.2) is 0 Å². The largest absolute Gasteiger partial charge is 0.111 e. The van der Waals surface area contributed by atoms with Crippen LogP contribution >= 0.6 is 0 Å². The molecular formula is C11H11+. The smallest absolute Gasteiger partial charge is 0.0580 e. The maximum Gasteiger partial charge on any atom is 0.111 e. The summed E-state index contributed by atoms with van der Waals surface area (Å²) in [7, 11) is 0. The summed E-state index contributed by atoms with van der Waals surface area (Å²) in [6.45, 7) is 2.20. The maximum absolute atomic E-state index is 2.29. The average molecular weight is 143 g/mol. The zero-order chi connectivity index (χ0) is 7.68. The van der Waals surface area contributed by atoms with E-state index in [4.69, 9.17) is 0 Å². The molecule has 1 aliphatic rings. The van der Waals surface area contributed by atoms with Crippen LogP contribution in [0.3, 0.4) is 0 Å². The van der Waals surface area contributed by atoms with Crippen molar-refractivity contribution in [3.8, 4) is 0 Å². The van der Waals surface area contributed by atoms with Crippen LogP contribution in [0.1, 0.15) is 6.92 Å². The summed E-state index contributed by atoms with van der Waals surface area (Å²) in [4.78, 5) is 0. The normalized spacial score (nSPS) is 20.6. The Kier molecular flexibility index (Phi) is 1.46. The van der Waals surface area contributed by atoms with Gasteiger partial charge in [-0.15, -0.1) is 0 Å². The second-order valence-electron chi connectivity index (χ2n) is 3.01. The third-order valence-electron chi connectivity index (χ3n) is 2.02. The van der Waals surface area contributed by atoms with Gasteiger partial charge in [-0.2, -0.15) is 0 Å². The van der Waals surface area contributed by atoms with Gasteiger partial charge in [0.2, 0.25) is 0 Å². The first-order chi connectivity index (χ1) is 5.36. The predicted molar refractivity (Wildman–Crippen MR) is 48.1 cm³/mol. The Balaban J connectivity index is 2.73. The van der Waals surface area contributed by atoms with E-state index in [0.717, 1.165) is 0 Å². The fraction of sp³-hybridized carbons (Fsp3) is 0.182. The van der Waals surface area contributed by atoms with Crippen molar-refractivity contribution in [2.45, 2.75) is 6.92 Å². The summed E-state index contributed by atoms with van der Waals surface area (Å²) in [5.74, 6) is 0.588. The Bertz CT molecular complexity index is 360. The highest BCUT2D eigenvalue weighted by Gasteiger charge is 2.07. The van der Waals surface area contributed by atoms with Crippen LogP contribution < -0.4 is 10.4 Å². The van der Waals surface area contributed by atoms with E-state index in [1.807, 2.05) is 0 Å². The van der Waals surface area contributed by atoms with Crippen LogP contribution in [0.15, 0.2) is 24.3 Å². The average Bonchev–Trinajstić information content (AvgIpc) is 2.04. The van der Waals surface area contributed by atoms with Gasteiger partial charge >= 0.3 is 0 Å². The lowest BCUT2D eigenvalue weighted by Crippen LogP contribution is -2.27. The number of fused-ring (bicyclic) bond motifs is 1. The van der Waals surface area contributed by atoms with Crippen LogP contribution in [0.2, 0.25) is 0 Å². The molecule has 0 aliphatic heterocycles. The van der Waals surface area contributed by atoms with Gasteiger partial charge in [-0.3, -0.25) is 0 Å². The highest BCUT2D eigenvalue weighted by Crippen LogP contribution is 2.03. The minimum Gasteiger partial charge on any atom is -0.0580 e. The molecule has 0 saturated heterocycles. The van der Waals surface area contributed by atoms with E-state index in [1.165, 1.54) is 10.4 Å². The topological polar surface area (TPSA) is 0 Å². The summed E-state index contributed by atoms with van der Waals surface area (Å²) in [6.07, 6.45) is 6.71. The molecule has 1 unspecified atom stereocenters. The number of rotatable bonds is 0. The van der Waals surface area contributed by atoms with Crippen LogP contribution in [-0.4, -0.2) is 0 Å². The van der Waals surface area contributed by atoms with Crippen molar-refractivity contribution in [1.82, 2.24) is 0 Å². The molecule has 0 bridgehead atoms. The molecule has 2 rings (SSSR count). The standard InChI is InChI=1S/C11H11/c1-9-6-7-10-4-2-3-5-11(10)8-9/h2-9H,1H3/q+1. The summed E-state index contributed by atoms with van der Waals surface area (Å²) in [6, 6.07) is 8.47. The third kappa shape index (κ3) is 1.16. The quantitative estimate of drug-likeness (QED) is 0.477. The summed E-state index contributed by atoms with van der Waals surface area (Å²) in [5, 5.41) is 2.70. The number of hydrogen-bond donors (Lipinski definition) is 0. The lowest BCUT2D eigenvalue weighted by atomic mass is 9.99. The number of benzene rings is 1. The Hall–Kier alpha value is -1.17. The van der Waals surface area contributed by atoms with Crippen LogP contribution in [0.5, 0.6) is 0 Å². The van der Waals surface area contributed by atoms with Crippen molar-refractivity contribution in [1.29, 1.82) is 0 Å². The molecule has 0 spiro atoms. The molecule has 11 heavy (non-hydrogen) atoms. The second-order valence-corrected chi connectivity index (χ2v) is 3.01. The first kappa shape index (κ1) is 6.53. The van der Waals surface area contributed by atoms with Crippen molar-refractivity contribution >= 4 is 12.2 Å². The molecule has 0 amide bonds. The molecule has 0 N–H and O–H groups in total. The molecule has 0 heterocycles. The monoisotopic (exact) mass is 143 g/mol. The van der Waals surface area contributed by atoms with E-state index in [9.17, 15) is 0 Å². The first-order valence-electron chi connectivity index (χ1n) is 3.98. The van der Waals surface area contributed by atoms with Gasteiger partial charge in [-0.05, 0) is 25.1 Å². The fourth-order valence-corrected chi connectivity index (χ4v) is 1.41. The molecule has 54 valence electrons.